The van der Waals surface area contributed by atoms with Crippen molar-refractivity contribution in [2.45, 2.75) is 33.6 Å². The quantitative estimate of drug-likeness (QED) is 0.366. The molecule has 2 N–H and O–H groups in total. The van der Waals surface area contributed by atoms with Crippen LogP contribution >= 0.6 is 23.6 Å². The monoisotopic (exact) mass is 504 g/mol. The molecule has 4 rings (SSSR count). The van der Waals surface area contributed by atoms with E-state index in [2.05, 4.69) is 71.6 Å². The SMILES string of the molecule is Cc1ccc(-c2ccccc2NC(=O)c2csc(C3=CCN(C(=S)NCCC(C)C)CC3)n2)cc1. The molecule has 5 nitrogen and oxygen atoms in total. The third-order valence-electron chi connectivity index (χ3n) is 6.04. The summed E-state index contributed by atoms with van der Waals surface area (Å²) >= 11 is 7.07. The molecule has 0 unspecified atom stereocenters. The zero-order chi connectivity index (χ0) is 24.8. The van der Waals surface area contributed by atoms with Crippen LogP contribution in [0, 0.1) is 12.8 Å². The summed E-state index contributed by atoms with van der Waals surface area (Å²) in [4.78, 5) is 19.9. The number of aryl methyl sites for hydroxylation is 1. The first-order valence-corrected chi connectivity index (χ1v) is 13.3. The number of nitrogens with one attached hydrogen (secondary N) is 2. The van der Waals surface area contributed by atoms with E-state index in [0.717, 1.165) is 59.4 Å². The molecule has 1 aliphatic rings. The molecule has 1 amide bonds. The highest BCUT2D eigenvalue weighted by molar-refractivity contribution is 7.80. The minimum absolute atomic E-state index is 0.194. The van der Waals surface area contributed by atoms with E-state index in [1.54, 1.807) is 0 Å². The number of thiocarbonyl (C=S) groups is 1. The molecule has 1 aromatic heterocycles. The second-order valence-electron chi connectivity index (χ2n) is 9.24. The Morgan fingerprint density at radius 1 is 1.17 bits per heavy atom. The third kappa shape index (κ3) is 6.55. The Hall–Kier alpha value is -3.03. The number of rotatable bonds is 7. The van der Waals surface area contributed by atoms with Gasteiger partial charge in [0.05, 0.1) is 0 Å². The number of hydrogen-bond acceptors (Lipinski definition) is 4. The number of thiazole rings is 1. The molecule has 0 aliphatic carbocycles. The summed E-state index contributed by atoms with van der Waals surface area (Å²) in [5.74, 6) is 0.464. The van der Waals surface area contributed by atoms with Crippen molar-refractivity contribution in [3.05, 3.63) is 76.3 Å². The lowest BCUT2D eigenvalue weighted by Crippen LogP contribution is -2.42. The topological polar surface area (TPSA) is 57.3 Å². The molecule has 0 atom stereocenters. The lowest BCUT2D eigenvalue weighted by Gasteiger charge is -2.28. The summed E-state index contributed by atoms with van der Waals surface area (Å²) in [7, 11) is 0. The van der Waals surface area contributed by atoms with Gasteiger partial charge in [0.2, 0.25) is 0 Å². The number of hydrogen-bond donors (Lipinski definition) is 2. The molecule has 7 heteroatoms. The van der Waals surface area contributed by atoms with Gasteiger partial charge in [-0.3, -0.25) is 4.79 Å². The second-order valence-corrected chi connectivity index (χ2v) is 10.5. The van der Waals surface area contributed by atoms with Gasteiger partial charge < -0.3 is 15.5 Å². The zero-order valence-corrected chi connectivity index (χ0v) is 22.1. The van der Waals surface area contributed by atoms with Crippen LogP contribution < -0.4 is 10.6 Å². The summed E-state index contributed by atoms with van der Waals surface area (Å²) in [5, 5.41) is 9.97. The van der Waals surface area contributed by atoms with Crippen LogP contribution in [0.3, 0.4) is 0 Å². The first kappa shape index (κ1) is 25.1. The minimum atomic E-state index is -0.194. The average molecular weight is 505 g/mol. The van der Waals surface area contributed by atoms with E-state index in [9.17, 15) is 4.79 Å². The smallest absolute Gasteiger partial charge is 0.275 e. The van der Waals surface area contributed by atoms with Crippen molar-refractivity contribution in [1.82, 2.24) is 15.2 Å². The van der Waals surface area contributed by atoms with Gasteiger partial charge >= 0.3 is 0 Å². The number of carbonyl (C=O) groups excluding carboxylic acids is 1. The summed E-state index contributed by atoms with van der Waals surface area (Å²) in [6, 6.07) is 16.2. The van der Waals surface area contributed by atoms with Gasteiger partial charge in [0.25, 0.3) is 5.91 Å². The fourth-order valence-corrected chi connectivity index (χ4v) is 5.05. The highest BCUT2D eigenvalue weighted by Crippen LogP contribution is 2.29. The van der Waals surface area contributed by atoms with Crippen LogP contribution in [0.1, 0.15) is 47.7 Å². The lowest BCUT2D eigenvalue weighted by atomic mass is 10.0. The number of carbonyl (C=O) groups is 1. The molecule has 2 aromatic carbocycles. The molecule has 0 fully saturated rings. The highest BCUT2D eigenvalue weighted by atomic mass is 32.1. The Kier molecular flexibility index (Phi) is 8.31. The van der Waals surface area contributed by atoms with Crippen LogP contribution in [0.4, 0.5) is 5.69 Å². The Morgan fingerprint density at radius 2 is 1.94 bits per heavy atom. The number of para-hydroxylation sites is 1. The zero-order valence-electron chi connectivity index (χ0n) is 20.5. The van der Waals surface area contributed by atoms with Crippen molar-refractivity contribution in [1.29, 1.82) is 0 Å². The molecule has 3 aromatic rings. The highest BCUT2D eigenvalue weighted by Gasteiger charge is 2.19. The second kappa shape index (κ2) is 11.6. The maximum absolute atomic E-state index is 13.0. The lowest BCUT2D eigenvalue weighted by molar-refractivity contribution is 0.102. The van der Waals surface area contributed by atoms with E-state index in [1.165, 1.54) is 22.5 Å². The molecular formula is C28H32N4OS2. The maximum atomic E-state index is 13.0. The van der Waals surface area contributed by atoms with Gasteiger partial charge in [-0.05, 0) is 55.1 Å². The van der Waals surface area contributed by atoms with Gasteiger partial charge in [-0.25, -0.2) is 4.98 Å². The van der Waals surface area contributed by atoms with Crippen LogP contribution in [0.15, 0.2) is 60.0 Å². The van der Waals surface area contributed by atoms with Crippen molar-refractivity contribution in [2.75, 3.05) is 25.0 Å². The Labute approximate surface area is 217 Å². The van der Waals surface area contributed by atoms with Crippen LogP contribution in [-0.4, -0.2) is 40.5 Å². The first-order chi connectivity index (χ1) is 16.9. The number of aromatic nitrogens is 1. The van der Waals surface area contributed by atoms with Crippen LogP contribution in [0.2, 0.25) is 0 Å². The Balaban J connectivity index is 1.39. The summed E-state index contributed by atoms with van der Waals surface area (Å²) in [6.45, 7) is 9.01. The van der Waals surface area contributed by atoms with E-state index in [-0.39, 0.29) is 5.91 Å². The molecule has 0 bridgehead atoms. The van der Waals surface area contributed by atoms with Gasteiger partial charge in [0, 0.05) is 36.3 Å². The molecule has 35 heavy (non-hydrogen) atoms. The largest absolute Gasteiger partial charge is 0.363 e. The molecule has 0 radical (unpaired) electrons. The summed E-state index contributed by atoms with van der Waals surface area (Å²) in [5.41, 5.74) is 5.66. The Bertz CT molecular complexity index is 1210. The normalized spacial score (nSPS) is 13.5. The average Bonchev–Trinajstić information content (AvgIpc) is 3.35. The summed E-state index contributed by atoms with van der Waals surface area (Å²) < 4.78 is 0. The number of benzene rings is 2. The predicted molar refractivity (Wildman–Crippen MR) is 151 cm³/mol. The first-order valence-electron chi connectivity index (χ1n) is 12.1. The van der Waals surface area contributed by atoms with E-state index >= 15 is 0 Å². The summed E-state index contributed by atoms with van der Waals surface area (Å²) in [6.07, 6.45) is 4.14. The predicted octanol–water partition coefficient (Wildman–Crippen LogP) is 6.38. The van der Waals surface area contributed by atoms with Crippen molar-refractivity contribution < 1.29 is 4.79 Å². The molecule has 0 saturated carbocycles. The molecule has 0 spiro atoms. The van der Waals surface area contributed by atoms with E-state index in [0.29, 0.717) is 11.6 Å². The molecular weight excluding hydrogens is 472 g/mol. The van der Waals surface area contributed by atoms with Crippen molar-refractivity contribution >= 4 is 45.8 Å². The van der Waals surface area contributed by atoms with E-state index in [4.69, 9.17) is 12.2 Å². The fraction of sp³-hybridized carbons (Fsp3) is 0.321. The van der Waals surface area contributed by atoms with Crippen LogP contribution in [-0.2, 0) is 0 Å². The molecule has 0 saturated heterocycles. The third-order valence-corrected chi connectivity index (χ3v) is 7.36. The fourth-order valence-electron chi connectivity index (χ4n) is 3.92. The maximum Gasteiger partial charge on any atom is 0.275 e. The van der Waals surface area contributed by atoms with Gasteiger partial charge in [0.1, 0.15) is 10.7 Å². The van der Waals surface area contributed by atoms with E-state index < -0.39 is 0 Å². The number of anilines is 1. The minimum Gasteiger partial charge on any atom is -0.363 e. The molecule has 1 aliphatic heterocycles. The van der Waals surface area contributed by atoms with Gasteiger partial charge in [0.15, 0.2) is 5.11 Å². The Morgan fingerprint density at radius 3 is 2.66 bits per heavy atom. The molecule has 182 valence electrons. The van der Waals surface area contributed by atoms with Crippen LogP contribution in [0.25, 0.3) is 16.7 Å². The van der Waals surface area contributed by atoms with Gasteiger partial charge in [-0.2, -0.15) is 0 Å². The van der Waals surface area contributed by atoms with Crippen molar-refractivity contribution in [3.63, 3.8) is 0 Å². The van der Waals surface area contributed by atoms with E-state index in [1.807, 2.05) is 29.6 Å². The van der Waals surface area contributed by atoms with Crippen molar-refractivity contribution in [3.8, 4) is 11.1 Å². The number of nitrogens with zero attached hydrogens (tertiary/aromatic N) is 2. The molecule has 2 heterocycles. The van der Waals surface area contributed by atoms with Crippen LogP contribution in [0.5, 0.6) is 0 Å². The van der Waals surface area contributed by atoms with Gasteiger partial charge in [-0.1, -0.05) is 68.0 Å². The standard InChI is InChI=1S/C28H32N4OS2/c1-19(2)12-15-29-28(34)32-16-13-22(14-17-32)27-31-25(18-35-27)26(33)30-24-7-5-4-6-23(24)21-10-8-20(3)9-11-21/h4-11,13,18-19H,12,14-17H2,1-3H3,(H,29,34)(H,30,33). The van der Waals surface area contributed by atoms with Gasteiger partial charge in [-0.15, -0.1) is 11.3 Å². The van der Waals surface area contributed by atoms with Crippen molar-refractivity contribution in [2.24, 2.45) is 5.92 Å². The number of amides is 1.